The van der Waals surface area contributed by atoms with Crippen molar-refractivity contribution in [3.8, 4) is 0 Å². The maximum Gasteiger partial charge on any atom is 0.269 e. The van der Waals surface area contributed by atoms with Gasteiger partial charge in [0.25, 0.3) is 11.6 Å². The van der Waals surface area contributed by atoms with Gasteiger partial charge in [0.05, 0.1) is 17.6 Å². The number of aliphatic hydroxyl groups is 1. The normalized spacial score (nSPS) is 11.7. The summed E-state index contributed by atoms with van der Waals surface area (Å²) in [5, 5.41) is 22.8. The van der Waals surface area contributed by atoms with Gasteiger partial charge in [-0.3, -0.25) is 14.9 Å². The lowest BCUT2D eigenvalue weighted by Gasteiger charge is -2.16. The Bertz CT molecular complexity index is 643. The van der Waals surface area contributed by atoms with E-state index in [0.717, 1.165) is 0 Å². The van der Waals surface area contributed by atoms with Crippen LogP contribution in [0.5, 0.6) is 0 Å². The minimum Gasteiger partial charge on any atom is -0.394 e. The number of nitro benzene ring substituents is 1. The molecule has 6 nitrogen and oxygen atoms in total. The summed E-state index contributed by atoms with van der Waals surface area (Å²) in [6.07, 6.45) is 0. The number of rotatable bonds is 5. The second-order valence-corrected chi connectivity index (χ2v) is 4.43. The molecule has 0 saturated heterocycles. The van der Waals surface area contributed by atoms with Crippen molar-refractivity contribution in [2.24, 2.45) is 0 Å². The first-order valence-corrected chi connectivity index (χ1v) is 6.33. The molecule has 21 heavy (non-hydrogen) atoms. The lowest BCUT2D eigenvalue weighted by Crippen LogP contribution is -2.30. The number of amides is 1. The van der Waals surface area contributed by atoms with Gasteiger partial charge in [-0.25, -0.2) is 0 Å². The Balaban J connectivity index is 2.18. The van der Waals surface area contributed by atoms with Gasteiger partial charge in [0, 0.05) is 17.7 Å². The molecule has 0 aromatic heterocycles. The third-order valence-corrected chi connectivity index (χ3v) is 3.01. The van der Waals surface area contributed by atoms with Crippen LogP contribution in [0.3, 0.4) is 0 Å². The van der Waals surface area contributed by atoms with Gasteiger partial charge in [0.2, 0.25) is 0 Å². The molecule has 2 N–H and O–H groups in total. The zero-order valence-corrected chi connectivity index (χ0v) is 11.1. The minimum atomic E-state index is -0.697. The maximum absolute atomic E-state index is 12.1. The maximum atomic E-state index is 12.1. The molecule has 108 valence electrons. The highest BCUT2D eigenvalue weighted by Gasteiger charge is 2.17. The predicted molar refractivity (Wildman–Crippen MR) is 76.8 cm³/mol. The van der Waals surface area contributed by atoms with Crippen LogP contribution in [-0.2, 0) is 0 Å². The number of non-ortho nitro benzene ring substituents is 1. The van der Waals surface area contributed by atoms with E-state index >= 15 is 0 Å². The number of hydrogen-bond acceptors (Lipinski definition) is 4. The predicted octanol–water partition coefficient (Wildman–Crippen LogP) is 2.06. The largest absolute Gasteiger partial charge is 0.394 e. The van der Waals surface area contributed by atoms with Crippen molar-refractivity contribution < 1.29 is 14.8 Å². The number of hydrogen-bond donors (Lipinski definition) is 2. The highest BCUT2D eigenvalue weighted by Crippen LogP contribution is 2.19. The molecule has 0 fully saturated rings. The van der Waals surface area contributed by atoms with Gasteiger partial charge >= 0.3 is 0 Å². The van der Waals surface area contributed by atoms with Crippen molar-refractivity contribution in [2.75, 3.05) is 6.61 Å². The van der Waals surface area contributed by atoms with Crippen molar-refractivity contribution in [1.29, 1.82) is 0 Å². The van der Waals surface area contributed by atoms with Gasteiger partial charge < -0.3 is 10.4 Å². The molecule has 6 heteroatoms. The average molecular weight is 286 g/mol. The molecular formula is C15H14N2O4. The molecule has 2 rings (SSSR count). The molecule has 0 radical (unpaired) electrons. The van der Waals surface area contributed by atoms with E-state index in [1.807, 2.05) is 0 Å². The molecule has 0 heterocycles. The van der Waals surface area contributed by atoms with Crippen LogP contribution in [0, 0.1) is 10.1 Å². The second-order valence-electron chi connectivity index (χ2n) is 4.43. The Kier molecular flexibility index (Phi) is 4.63. The molecule has 2 aromatic carbocycles. The molecule has 1 atom stereocenters. The molecule has 1 unspecified atom stereocenters. The van der Waals surface area contributed by atoms with Crippen LogP contribution >= 0.6 is 0 Å². The molecular weight excluding hydrogens is 272 g/mol. The number of nitro groups is 1. The molecule has 2 aromatic rings. The Morgan fingerprint density at radius 1 is 1.19 bits per heavy atom. The third kappa shape index (κ3) is 3.64. The van der Waals surface area contributed by atoms with Crippen molar-refractivity contribution in [2.45, 2.75) is 6.04 Å². The topological polar surface area (TPSA) is 92.5 Å². The van der Waals surface area contributed by atoms with Gasteiger partial charge in [-0.05, 0) is 17.7 Å². The third-order valence-electron chi connectivity index (χ3n) is 3.01. The van der Waals surface area contributed by atoms with Crippen LogP contribution in [0.25, 0.3) is 0 Å². The van der Waals surface area contributed by atoms with Crippen molar-refractivity contribution in [3.05, 3.63) is 75.8 Å². The van der Waals surface area contributed by atoms with Crippen molar-refractivity contribution in [3.63, 3.8) is 0 Å². The van der Waals surface area contributed by atoms with Gasteiger partial charge in [0.1, 0.15) is 0 Å². The number of benzene rings is 2. The van der Waals surface area contributed by atoms with Crippen molar-refractivity contribution >= 4 is 11.6 Å². The first-order chi connectivity index (χ1) is 10.1. The highest BCUT2D eigenvalue weighted by atomic mass is 16.6. The Labute approximate surface area is 121 Å². The van der Waals surface area contributed by atoms with Crippen LogP contribution in [0.15, 0.2) is 54.6 Å². The van der Waals surface area contributed by atoms with E-state index in [1.165, 1.54) is 18.2 Å². The molecule has 0 saturated carbocycles. The Hall–Kier alpha value is -2.73. The summed E-state index contributed by atoms with van der Waals surface area (Å²) in [6, 6.07) is 13.7. The smallest absolute Gasteiger partial charge is 0.269 e. The standard InChI is InChI=1S/C15H14N2O4/c18-10-14(12-7-4-8-13(9-12)17(20)21)16-15(19)11-5-2-1-3-6-11/h1-9,14,18H,10H2,(H,16,19). The summed E-state index contributed by atoms with van der Waals surface area (Å²) < 4.78 is 0. The number of nitrogens with zero attached hydrogens (tertiary/aromatic N) is 1. The zero-order chi connectivity index (χ0) is 15.2. The fourth-order valence-corrected chi connectivity index (χ4v) is 1.92. The summed E-state index contributed by atoms with van der Waals surface area (Å²) in [6.45, 7) is -0.347. The van der Waals surface area contributed by atoms with Crippen LogP contribution in [-0.4, -0.2) is 22.5 Å². The number of carbonyl (C=O) groups is 1. The van der Waals surface area contributed by atoms with E-state index in [2.05, 4.69) is 5.32 Å². The lowest BCUT2D eigenvalue weighted by atomic mass is 10.1. The van der Waals surface area contributed by atoms with E-state index in [0.29, 0.717) is 11.1 Å². The summed E-state index contributed by atoms with van der Waals surface area (Å²) in [4.78, 5) is 22.3. The first kappa shape index (κ1) is 14.7. The van der Waals surface area contributed by atoms with E-state index < -0.39 is 11.0 Å². The summed E-state index contributed by atoms with van der Waals surface area (Å²) in [5.41, 5.74) is 0.859. The second kappa shape index (κ2) is 6.62. The van der Waals surface area contributed by atoms with Crippen LogP contribution in [0.1, 0.15) is 22.0 Å². The van der Waals surface area contributed by atoms with Crippen molar-refractivity contribution in [1.82, 2.24) is 5.32 Å². The number of aliphatic hydroxyl groups excluding tert-OH is 1. The van der Waals surface area contributed by atoms with Gasteiger partial charge in [-0.15, -0.1) is 0 Å². The lowest BCUT2D eigenvalue weighted by molar-refractivity contribution is -0.384. The number of carbonyl (C=O) groups excluding carboxylic acids is 1. The summed E-state index contributed by atoms with van der Waals surface area (Å²) >= 11 is 0. The summed E-state index contributed by atoms with van der Waals surface area (Å²) in [5.74, 6) is -0.346. The Morgan fingerprint density at radius 3 is 2.52 bits per heavy atom. The zero-order valence-electron chi connectivity index (χ0n) is 11.1. The monoisotopic (exact) mass is 286 g/mol. The average Bonchev–Trinajstić information content (AvgIpc) is 2.53. The van der Waals surface area contributed by atoms with E-state index in [1.54, 1.807) is 36.4 Å². The van der Waals surface area contributed by atoms with E-state index in [9.17, 15) is 20.0 Å². The molecule has 0 spiro atoms. The van der Waals surface area contributed by atoms with Crippen LogP contribution in [0.4, 0.5) is 5.69 Å². The number of nitrogens with one attached hydrogen (secondary N) is 1. The molecule has 0 aliphatic rings. The minimum absolute atomic E-state index is 0.0834. The van der Waals surface area contributed by atoms with Gasteiger partial charge in [-0.1, -0.05) is 30.3 Å². The van der Waals surface area contributed by atoms with Gasteiger partial charge in [0.15, 0.2) is 0 Å². The molecule has 0 aliphatic carbocycles. The fourth-order valence-electron chi connectivity index (χ4n) is 1.92. The first-order valence-electron chi connectivity index (χ1n) is 6.33. The van der Waals surface area contributed by atoms with Crippen LogP contribution in [0.2, 0.25) is 0 Å². The van der Waals surface area contributed by atoms with Gasteiger partial charge in [-0.2, -0.15) is 0 Å². The molecule has 0 aliphatic heterocycles. The van der Waals surface area contributed by atoms with Crippen LogP contribution < -0.4 is 5.32 Å². The summed E-state index contributed by atoms with van der Waals surface area (Å²) in [7, 11) is 0. The van der Waals surface area contributed by atoms with E-state index in [-0.39, 0.29) is 18.2 Å². The van der Waals surface area contributed by atoms with E-state index in [4.69, 9.17) is 0 Å². The quantitative estimate of drug-likeness (QED) is 0.650. The fraction of sp³-hybridized carbons (Fsp3) is 0.133. The molecule has 0 bridgehead atoms. The molecule has 1 amide bonds. The highest BCUT2D eigenvalue weighted by molar-refractivity contribution is 5.94. The Morgan fingerprint density at radius 2 is 1.90 bits per heavy atom. The SMILES string of the molecule is O=C(NC(CO)c1cccc([N+](=O)[O-])c1)c1ccccc1.